The molecule has 3 rings (SSSR count). The Kier molecular flexibility index (Phi) is 5.60. The summed E-state index contributed by atoms with van der Waals surface area (Å²) in [4.78, 5) is 34.2. The van der Waals surface area contributed by atoms with Gasteiger partial charge in [0.15, 0.2) is 0 Å². The minimum absolute atomic E-state index is 0.0719. The van der Waals surface area contributed by atoms with E-state index in [9.17, 15) is 14.7 Å². The predicted molar refractivity (Wildman–Crippen MR) is 86.7 cm³/mol. The van der Waals surface area contributed by atoms with E-state index in [-0.39, 0.29) is 29.7 Å². The van der Waals surface area contributed by atoms with Crippen LogP contribution in [-0.4, -0.2) is 83.3 Å². The topological polar surface area (TPSA) is 98.8 Å². The summed E-state index contributed by atoms with van der Waals surface area (Å²) < 4.78 is 5.37. The molecule has 2 saturated heterocycles. The number of H-pyrrole nitrogens is 1. The molecule has 2 fully saturated rings. The predicted octanol–water partition coefficient (Wildman–Crippen LogP) is -0.827. The van der Waals surface area contributed by atoms with E-state index in [2.05, 4.69) is 14.9 Å². The highest BCUT2D eigenvalue weighted by Crippen LogP contribution is 2.24. The Labute approximate surface area is 140 Å². The molecule has 2 N–H and O–H groups in total. The monoisotopic (exact) mass is 336 g/mol. The smallest absolute Gasteiger partial charge is 0.273 e. The van der Waals surface area contributed by atoms with Crippen molar-refractivity contribution < 1.29 is 14.6 Å². The molecule has 132 valence electrons. The number of nitrogens with one attached hydrogen (secondary N) is 1. The molecule has 0 aromatic carbocycles. The maximum Gasteiger partial charge on any atom is 0.273 e. The summed E-state index contributed by atoms with van der Waals surface area (Å²) in [5.74, 6) is 0.202. The number of aromatic nitrogens is 2. The number of ether oxygens (including phenoxy) is 1. The van der Waals surface area contributed by atoms with Gasteiger partial charge in [0.2, 0.25) is 0 Å². The Hall–Kier alpha value is -1.77. The van der Waals surface area contributed by atoms with Gasteiger partial charge in [0.1, 0.15) is 5.69 Å². The minimum Gasteiger partial charge on any atom is -0.396 e. The van der Waals surface area contributed by atoms with Gasteiger partial charge in [0, 0.05) is 45.5 Å². The van der Waals surface area contributed by atoms with Gasteiger partial charge in [-0.15, -0.1) is 0 Å². The third kappa shape index (κ3) is 4.19. The van der Waals surface area contributed by atoms with Crippen molar-refractivity contribution in [3.05, 3.63) is 28.4 Å². The van der Waals surface area contributed by atoms with Crippen molar-refractivity contribution in [3.63, 3.8) is 0 Å². The van der Waals surface area contributed by atoms with Crippen LogP contribution in [0.25, 0.3) is 0 Å². The molecule has 1 amide bonds. The first-order valence-corrected chi connectivity index (χ1v) is 8.40. The first-order valence-electron chi connectivity index (χ1n) is 8.40. The lowest BCUT2D eigenvalue weighted by Crippen LogP contribution is -2.49. The van der Waals surface area contributed by atoms with E-state index in [4.69, 9.17) is 4.74 Å². The second-order valence-electron chi connectivity index (χ2n) is 6.57. The van der Waals surface area contributed by atoms with Gasteiger partial charge in [-0.25, -0.2) is 4.98 Å². The van der Waals surface area contributed by atoms with E-state index in [1.54, 1.807) is 4.90 Å². The molecule has 2 aliphatic rings. The molecule has 0 saturated carbocycles. The molecular formula is C16H24N4O4. The Balaban J connectivity index is 1.66. The molecule has 2 aliphatic heterocycles. The van der Waals surface area contributed by atoms with Crippen LogP contribution in [0.1, 0.15) is 16.9 Å². The van der Waals surface area contributed by atoms with Crippen LogP contribution in [0.15, 0.2) is 17.2 Å². The summed E-state index contributed by atoms with van der Waals surface area (Å²) in [6.07, 6.45) is 3.38. The highest BCUT2D eigenvalue weighted by atomic mass is 16.5. The summed E-state index contributed by atoms with van der Waals surface area (Å²) in [5.41, 5.74) is -0.0954. The first kappa shape index (κ1) is 17.1. The average molecular weight is 336 g/mol. The fraction of sp³-hybridized carbons (Fsp3) is 0.688. The van der Waals surface area contributed by atoms with Gasteiger partial charge in [-0.1, -0.05) is 0 Å². The lowest BCUT2D eigenvalue weighted by molar-refractivity contribution is 0.0129. The van der Waals surface area contributed by atoms with E-state index in [0.29, 0.717) is 19.0 Å². The minimum atomic E-state index is -0.330. The summed E-state index contributed by atoms with van der Waals surface area (Å²) >= 11 is 0. The highest BCUT2D eigenvalue weighted by Gasteiger charge is 2.31. The number of hydrogen-bond donors (Lipinski definition) is 2. The number of likely N-dealkylation sites (tertiary alicyclic amines) is 1. The number of aliphatic hydroxyl groups excluding tert-OH is 1. The number of nitrogens with zero attached hydrogens (tertiary/aromatic N) is 3. The maximum absolute atomic E-state index is 12.6. The number of rotatable bonds is 4. The SMILES string of the molecule is O=C(c1c[nH]c(=O)cn1)N1CC(CO)CC(CN2CCOCC2)C1. The van der Waals surface area contributed by atoms with Crippen LogP contribution in [0, 0.1) is 11.8 Å². The van der Waals surface area contributed by atoms with Gasteiger partial charge in [0.05, 0.1) is 19.4 Å². The highest BCUT2D eigenvalue weighted by molar-refractivity contribution is 5.92. The number of aromatic amines is 1. The van der Waals surface area contributed by atoms with Crippen molar-refractivity contribution in [3.8, 4) is 0 Å². The van der Waals surface area contributed by atoms with E-state index in [0.717, 1.165) is 45.5 Å². The second-order valence-corrected chi connectivity index (χ2v) is 6.57. The molecule has 3 heterocycles. The summed E-state index contributed by atoms with van der Waals surface area (Å²) in [5, 5.41) is 9.59. The second kappa shape index (κ2) is 7.87. The Morgan fingerprint density at radius 3 is 2.75 bits per heavy atom. The fourth-order valence-corrected chi connectivity index (χ4v) is 3.52. The van der Waals surface area contributed by atoms with Gasteiger partial charge >= 0.3 is 0 Å². The summed E-state index contributed by atoms with van der Waals surface area (Å²) in [6.45, 7) is 5.47. The van der Waals surface area contributed by atoms with Crippen LogP contribution in [0.4, 0.5) is 0 Å². The first-order chi connectivity index (χ1) is 11.7. The van der Waals surface area contributed by atoms with Crippen LogP contribution in [0.3, 0.4) is 0 Å². The normalized spacial score (nSPS) is 25.6. The van der Waals surface area contributed by atoms with Crippen LogP contribution < -0.4 is 5.56 Å². The Morgan fingerprint density at radius 1 is 1.33 bits per heavy atom. The molecule has 8 heteroatoms. The van der Waals surface area contributed by atoms with Crippen molar-refractivity contribution in [2.75, 3.05) is 52.5 Å². The number of aliphatic hydroxyl groups is 1. The number of hydrogen-bond acceptors (Lipinski definition) is 6. The van der Waals surface area contributed by atoms with Crippen LogP contribution >= 0.6 is 0 Å². The average Bonchev–Trinajstić information content (AvgIpc) is 2.62. The third-order valence-electron chi connectivity index (χ3n) is 4.68. The molecule has 2 atom stereocenters. The van der Waals surface area contributed by atoms with Gasteiger partial charge in [-0.05, 0) is 18.3 Å². The lowest BCUT2D eigenvalue weighted by Gasteiger charge is -2.39. The molecule has 1 aromatic rings. The Bertz CT molecular complexity index is 594. The van der Waals surface area contributed by atoms with Gasteiger partial charge < -0.3 is 19.7 Å². The standard InChI is InChI=1S/C16H24N4O4/c21-11-13-5-12(8-19-1-3-24-4-2-19)9-20(10-13)16(23)14-6-18-15(22)7-17-14/h6-7,12-13,21H,1-5,8-11H2,(H,18,22). The summed E-state index contributed by atoms with van der Waals surface area (Å²) in [7, 11) is 0. The molecule has 24 heavy (non-hydrogen) atoms. The van der Waals surface area contributed by atoms with Crippen LogP contribution in [0.5, 0.6) is 0 Å². The van der Waals surface area contributed by atoms with Crippen molar-refractivity contribution in [1.82, 2.24) is 19.8 Å². The van der Waals surface area contributed by atoms with Crippen molar-refractivity contribution in [2.24, 2.45) is 11.8 Å². The summed E-state index contributed by atoms with van der Waals surface area (Å²) in [6, 6.07) is 0. The van der Waals surface area contributed by atoms with Crippen LogP contribution in [0.2, 0.25) is 0 Å². The number of amides is 1. The molecule has 0 aliphatic carbocycles. The zero-order valence-electron chi connectivity index (χ0n) is 13.7. The van der Waals surface area contributed by atoms with Gasteiger partial charge in [0.25, 0.3) is 11.5 Å². The molecule has 0 radical (unpaired) electrons. The molecule has 0 bridgehead atoms. The van der Waals surface area contributed by atoms with Crippen LogP contribution in [-0.2, 0) is 4.74 Å². The fourth-order valence-electron chi connectivity index (χ4n) is 3.52. The number of morpholine rings is 1. The maximum atomic E-state index is 12.6. The quantitative estimate of drug-likeness (QED) is 0.745. The van der Waals surface area contributed by atoms with Gasteiger partial charge in [-0.2, -0.15) is 0 Å². The number of piperidine rings is 1. The Morgan fingerprint density at radius 2 is 2.08 bits per heavy atom. The molecule has 8 nitrogen and oxygen atoms in total. The van der Waals surface area contributed by atoms with E-state index < -0.39 is 0 Å². The van der Waals surface area contributed by atoms with E-state index >= 15 is 0 Å². The molecule has 0 spiro atoms. The van der Waals surface area contributed by atoms with Crippen molar-refractivity contribution >= 4 is 5.91 Å². The van der Waals surface area contributed by atoms with E-state index in [1.165, 1.54) is 6.20 Å². The van der Waals surface area contributed by atoms with Crippen molar-refractivity contribution in [2.45, 2.75) is 6.42 Å². The molecule has 2 unspecified atom stereocenters. The third-order valence-corrected chi connectivity index (χ3v) is 4.68. The zero-order chi connectivity index (χ0) is 16.9. The number of carbonyl (C=O) groups excluding carboxylic acids is 1. The largest absolute Gasteiger partial charge is 0.396 e. The lowest BCUT2D eigenvalue weighted by atomic mass is 9.89. The molecular weight excluding hydrogens is 312 g/mol. The molecule has 1 aromatic heterocycles. The van der Waals surface area contributed by atoms with Crippen molar-refractivity contribution in [1.29, 1.82) is 0 Å². The number of carbonyl (C=O) groups is 1. The zero-order valence-corrected chi connectivity index (χ0v) is 13.7. The van der Waals surface area contributed by atoms with E-state index in [1.807, 2.05) is 0 Å². The van der Waals surface area contributed by atoms with Gasteiger partial charge in [-0.3, -0.25) is 14.5 Å².